The molecular weight excluding hydrogens is 370 g/mol. The van der Waals surface area contributed by atoms with Crippen LogP contribution < -0.4 is 4.90 Å². The number of hydrogen-bond donors (Lipinski definition) is 0. The van der Waals surface area contributed by atoms with Gasteiger partial charge in [0.1, 0.15) is 5.58 Å². The molecule has 3 aromatic rings. The minimum atomic E-state index is -0.602. The fraction of sp³-hybridized carbons (Fsp3) is 0.0556. The Morgan fingerprint density at radius 2 is 1.93 bits per heavy atom. The van der Waals surface area contributed by atoms with Crippen LogP contribution in [0.3, 0.4) is 0 Å². The molecule has 1 fully saturated rings. The van der Waals surface area contributed by atoms with Crippen molar-refractivity contribution in [3.63, 3.8) is 0 Å². The van der Waals surface area contributed by atoms with Crippen LogP contribution in [0.4, 0.5) is 11.4 Å². The SMILES string of the molecule is O=C(N=C1SCC(=O)N1c1ccc([N+](=O)[O-])cc1)c1cc2ccccc2o1. The van der Waals surface area contributed by atoms with E-state index in [0.717, 1.165) is 17.1 Å². The van der Waals surface area contributed by atoms with Crippen LogP contribution in [-0.2, 0) is 4.79 Å². The molecule has 0 unspecified atom stereocenters. The van der Waals surface area contributed by atoms with E-state index in [0.29, 0.717) is 11.3 Å². The Labute approximate surface area is 156 Å². The molecule has 4 rings (SSSR count). The fourth-order valence-electron chi connectivity index (χ4n) is 2.65. The van der Waals surface area contributed by atoms with Gasteiger partial charge in [0.25, 0.3) is 5.69 Å². The molecule has 0 N–H and O–H groups in total. The minimum Gasteiger partial charge on any atom is -0.451 e. The Hall–Kier alpha value is -3.46. The Kier molecular flexibility index (Phi) is 4.21. The number of carbonyl (C=O) groups is 2. The van der Waals surface area contributed by atoms with Crippen LogP contribution in [0, 0.1) is 10.1 Å². The lowest BCUT2D eigenvalue weighted by Gasteiger charge is -2.15. The van der Waals surface area contributed by atoms with Gasteiger partial charge in [0.05, 0.1) is 16.4 Å². The number of furan rings is 1. The first-order valence-electron chi connectivity index (χ1n) is 7.85. The Morgan fingerprint density at radius 3 is 2.63 bits per heavy atom. The summed E-state index contributed by atoms with van der Waals surface area (Å²) in [5.74, 6) is -0.656. The topological polar surface area (TPSA) is 106 Å². The van der Waals surface area contributed by atoms with E-state index in [1.807, 2.05) is 12.1 Å². The summed E-state index contributed by atoms with van der Waals surface area (Å²) in [6.07, 6.45) is 0. The van der Waals surface area contributed by atoms with E-state index in [4.69, 9.17) is 4.42 Å². The molecule has 2 heterocycles. The Morgan fingerprint density at radius 1 is 1.19 bits per heavy atom. The number of amides is 2. The molecule has 0 spiro atoms. The number of aliphatic imine (C=N–C) groups is 1. The number of thioether (sulfide) groups is 1. The average Bonchev–Trinajstić information content (AvgIpc) is 3.25. The molecule has 1 saturated heterocycles. The molecule has 1 aliphatic rings. The second-order valence-corrected chi connectivity index (χ2v) is 6.58. The number of benzene rings is 2. The van der Waals surface area contributed by atoms with E-state index >= 15 is 0 Å². The molecule has 0 aliphatic carbocycles. The zero-order valence-corrected chi connectivity index (χ0v) is 14.5. The number of anilines is 1. The number of hydrogen-bond acceptors (Lipinski definition) is 6. The van der Waals surface area contributed by atoms with Crippen LogP contribution in [0.2, 0.25) is 0 Å². The summed E-state index contributed by atoms with van der Waals surface area (Å²) in [7, 11) is 0. The lowest BCUT2D eigenvalue weighted by atomic mass is 10.2. The van der Waals surface area contributed by atoms with E-state index in [-0.39, 0.29) is 28.3 Å². The highest BCUT2D eigenvalue weighted by Crippen LogP contribution is 2.29. The van der Waals surface area contributed by atoms with Crippen molar-refractivity contribution in [1.29, 1.82) is 0 Å². The minimum absolute atomic E-state index is 0.0762. The Balaban J connectivity index is 1.65. The number of nitrogens with zero attached hydrogens (tertiary/aromatic N) is 3. The number of amidine groups is 1. The van der Waals surface area contributed by atoms with Gasteiger partial charge in [-0.1, -0.05) is 30.0 Å². The monoisotopic (exact) mass is 381 g/mol. The summed E-state index contributed by atoms with van der Waals surface area (Å²) in [6, 6.07) is 14.3. The molecule has 0 radical (unpaired) electrons. The van der Waals surface area contributed by atoms with Gasteiger partial charge in [0.2, 0.25) is 5.91 Å². The van der Waals surface area contributed by atoms with Gasteiger partial charge in [-0.15, -0.1) is 0 Å². The molecule has 8 nitrogen and oxygen atoms in total. The van der Waals surface area contributed by atoms with Crippen LogP contribution in [0.5, 0.6) is 0 Å². The third kappa shape index (κ3) is 3.20. The van der Waals surface area contributed by atoms with Crippen molar-refractivity contribution in [2.75, 3.05) is 10.7 Å². The van der Waals surface area contributed by atoms with Gasteiger partial charge in [-0.3, -0.25) is 24.6 Å². The first-order valence-corrected chi connectivity index (χ1v) is 8.83. The second kappa shape index (κ2) is 6.69. The van der Waals surface area contributed by atoms with Crippen molar-refractivity contribution < 1.29 is 18.9 Å². The van der Waals surface area contributed by atoms with Crippen molar-refractivity contribution in [2.24, 2.45) is 4.99 Å². The van der Waals surface area contributed by atoms with Gasteiger partial charge in [-0.25, -0.2) is 0 Å². The molecule has 27 heavy (non-hydrogen) atoms. The first kappa shape index (κ1) is 17.0. The molecule has 0 atom stereocenters. The highest BCUT2D eigenvalue weighted by atomic mass is 32.2. The molecule has 0 bridgehead atoms. The predicted molar refractivity (Wildman–Crippen MR) is 101 cm³/mol. The summed E-state index contributed by atoms with van der Waals surface area (Å²) in [4.78, 5) is 40.2. The third-order valence-corrected chi connectivity index (χ3v) is 4.84. The van der Waals surface area contributed by atoms with Crippen molar-refractivity contribution in [3.05, 3.63) is 70.5 Å². The summed E-state index contributed by atoms with van der Waals surface area (Å²) in [6.45, 7) is 0. The quantitative estimate of drug-likeness (QED) is 0.507. The molecule has 134 valence electrons. The van der Waals surface area contributed by atoms with E-state index in [1.165, 1.54) is 29.2 Å². The maximum atomic E-state index is 12.5. The van der Waals surface area contributed by atoms with E-state index < -0.39 is 10.8 Å². The summed E-state index contributed by atoms with van der Waals surface area (Å²) < 4.78 is 5.51. The van der Waals surface area contributed by atoms with Gasteiger partial charge in [-0.2, -0.15) is 4.99 Å². The van der Waals surface area contributed by atoms with Crippen LogP contribution in [0.25, 0.3) is 11.0 Å². The largest absolute Gasteiger partial charge is 0.451 e. The average molecular weight is 381 g/mol. The number of nitro benzene ring substituents is 1. The van der Waals surface area contributed by atoms with Crippen LogP contribution in [0.15, 0.2) is 64.0 Å². The lowest BCUT2D eigenvalue weighted by molar-refractivity contribution is -0.384. The van der Waals surface area contributed by atoms with Gasteiger partial charge in [0.15, 0.2) is 10.9 Å². The van der Waals surface area contributed by atoms with Crippen LogP contribution in [-0.4, -0.2) is 27.7 Å². The predicted octanol–water partition coefficient (Wildman–Crippen LogP) is 3.62. The van der Waals surface area contributed by atoms with Gasteiger partial charge in [-0.05, 0) is 24.3 Å². The Bertz CT molecular complexity index is 1070. The molecule has 2 amide bonds. The maximum absolute atomic E-state index is 12.5. The first-order chi connectivity index (χ1) is 13.0. The van der Waals surface area contributed by atoms with E-state index in [1.54, 1.807) is 18.2 Å². The number of non-ortho nitro benzene ring substituents is 1. The summed E-state index contributed by atoms with van der Waals surface area (Å²) in [5, 5.41) is 11.8. The summed E-state index contributed by atoms with van der Waals surface area (Å²) in [5.41, 5.74) is 0.894. The molecular formula is C18H11N3O5S. The van der Waals surface area contributed by atoms with Gasteiger partial charge < -0.3 is 4.42 Å². The van der Waals surface area contributed by atoms with E-state index in [2.05, 4.69) is 4.99 Å². The van der Waals surface area contributed by atoms with E-state index in [9.17, 15) is 19.7 Å². The number of para-hydroxylation sites is 1. The van der Waals surface area contributed by atoms with Crippen LogP contribution >= 0.6 is 11.8 Å². The van der Waals surface area contributed by atoms with Crippen LogP contribution in [0.1, 0.15) is 10.6 Å². The van der Waals surface area contributed by atoms with Crippen molar-refractivity contribution in [3.8, 4) is 0 Å². The molecule has 0 saturated carbocycles. The third-order valence-electron chi connectivity index (χ3n) is 3.92. The standard InChI is InChI=1S/C18H11N3O5S/c22-16-10-27-18(20(16)12-5-7-13(8-6-12)21(24)25)19-17(23)15-9-11-3-1-2-4-14(11)26-15/h1-9H,10H2. The van der Waals surface area contributed by atoms with Crippen molar-refractivity contribution >= 4 is 51.1 Å². The smallest absolute Gasteiger partial charge is 0.315 e. The number of fused-ring (bicyclic) bond motifs is 1. The number of carbonyl (C=O) groups excluding carboxylic acids is 2. The fourth-order valence-corrected chi connectivity index (χ4v) is 3.52. The zero-order chi connectivity index (χ0) is 19.0. The van der Waals surface area contributed by atoms with Gasteiger partial charge >= 0.3 is 5.91 Å². The lowest BCUT2D eigenvalue weighted by Crippen LogP contribution is -2.29. The second-order valence-electron chi connectivity index (χ2n) is 5.64. The highest BCUT2D eigenvalue weighted by Gasteiger charge is 2.31. The number of nitro groups is 1. The molecule has 1 aliphatic heterocycles. The van der Waals surface area contributed by atoms with Gasteiger partial charge in [0, 0.05) is 17.5 Å². The molecule has 1 aromatic heterocycles. The molecule has 2 aromatic carbocycles. The van der Waals surface area contributed by atoms with Crippen molar-refractivity contribution in [1.82, 2.24) is 0 Å². The van der Waals surface area contributed by atoms with Crippen molar-refractivity contribution in [2.45, 2.75) is 0 Å². The normalized spacial score (nSPS) is 15.6. The highest BCUT2D eigenvalue weighted by molar-refractivity contribution is 8.15. The summed E-state index contributed by atoms with van der Waals surface area (Å²) >= 11 is 1.12. The zero-order valence-electron chi connectivity index (χ0n) is 13.7. The number of rotatable bonds is 3. The maximum Gasteiger partial charge on any atom is 0.315 e. The molecule has 9 heteroatoms.